The van der Waals surface area contributed by atoms with Crippen LogP contribution < -0.4 is 5.32 Å². The minimum atomic E-state index is 0. The second-order valence-corrected chi connectivity index (χ2v) is 9.19. The summed E-state index contributed by atoms with van der Waals surface area (Å²) >= 11 is 1.96. The quantitative estimate of drug-likeness (QED) is 0.786. The Kier molecular flexibility index (Phi) is 3.96. The molecule has 0 spiro atoms. The number of hydrogen-bond donors (Lipinski definition) is 1. The maximum Gasteiger partial charge on any atom is 0.0305 e. The molecule has 2 bridgehead atoms. The van der Waals surface area contributed by atoms with Crippen LogP contribution in [0.25, 0.3) is 0 Å². The lowest BCUT2D eigenvalue weighted by Gasteiger charge is -2.33. The van der Waals surface area contributed by atoms with Crippen molar-refractivity contribution in [3.63, 3.8) is 0 Å². The van der Waals surface area contributed by atoms with Gasteiger partial charge in [-0.1, -0.05) is 20.8 Å². The van der Waals surface area contributed by atoms with Gasteiger partial charge in [-0.3, -0.25) is 0 Å². The van der Waals surface area contributed by atoms with E-state index < -0.39 is 0 Å². The largest absolute Gasteiger partial charge is 0.309 e. The van der Waals surface area contributed by atoms with Gasteiger partial charge in [0.15, 0.2) is 0 Å². The van der Waals surface area contributed by atoms with Crippen LogP contribution in [0.2, 0.25) is 0 Å². The van der Waals surface area contributed by atoms with Crippen molar-refractivity contribution in [2.75, 3.05) is 0 Å². The number of hydrogen-bond acceptors (Lipinski definition) is 2. The molecule has 1 aromatic heterocycles. The Labute approximate surface area is 139 Å². The summed E-state index contributed by atoms with van der Waals surface area (Å²) in [5.74, 6) is 1.78. The molecule has 3 fully saturated rings. The maximum atomic E-state index is 3.93. The van der Waals surface area contributed by atoms with Crippen molar-refractivity contribution in [3.8, 4) is 0 Å². The molecule has 3 atom stereocenters. The van der Waals surface area contributed by atoms with Gasteiger partial charge in [0.25, 0.3) is 0 Å². The molecule has 4 rings (SSSR count). The average Bonchev–Trinajstić information content (AvgIpc) is 3.05. The Hall–Kier alpha value is -0.0500. The van der Waals surface area contributed by atoms with E-state index in [9.17, 15) is 0 Å². The molecule has 0 unspecified atom stereocenters. The maximum absolute atomic E-state index is 3.93. The molecule has 3 heteroatoms. The van der Waals surface area contributed by atoms with Gasteiger partial charge in [-0.2, -0.15) is 0 Å². The van der Waals surface area contributed by atoms with E-state index in [2.05, 4.69) is 37.5 Å². The first kappa shape index (κ1) is 15.8. The van der Waals surface area contributed by atoms with Crippen LogP contribution in [0.1, 0.15) is 69.2 Å². The van der Waals surface area contributed by atoms with Gasteiger partial charge in [-0.15, -0.1) is 23.7 Å². The lowest BCUT2D eigenvalue weighted by molar-refractivity contribution is 0.152. The van der Waals surface area contributed by atoms with Crippen LogP contribution in [0.5, 0.6) is 0 Å². The number of nitrogens with one attached hydrogen (secondary N) is 1. The fourth-order valence-electron chi connectivity index (χ4n) is 4.99. The van der Waals surface area contributed by atoms with E-state index in [4.69, 9.17) is 0 Å². The first-order valence-corrected chi connectivity index (χ1v) is 9.19. The summed E-state index contributed by atoms with van der Waals surface area (Å²) in [7, 11) is 0. The molecule has 1 aromatic rings. The third-order valence-electron chi connectivity index (χ3n) is 6.97. The predicted octanol–water partition coefficient (Wildman–Crippen LogP) is 5.35. The molecular weight excluding hydrogens is 298 g/mol. The van der Waals surface area contributed by atoms with E-state index in [1.807, 2.05) is 11.3 Å². The Morgan fingerprint density at radius 2 is 2.00 bits per heavy atom. The van der Waals surface area contributed by atoms with Crippen LogP contribution in [0.4, 0.5) is 0 Å². The standard InChI is InChI=1S/C18H27NS.ClH/c1-17(2)14-6-8-18(17,3)10-15(14)19-11-16-13(7-9-20-16)12-4-5-12;/h7,9,12,14-15,19H,4-6,8,10-11H2,1-3H3;1H/t14-,15+,18-;/m1./s1. The van der Waals surface area contributed by atoms with Crippen LogP contribution in [0.15, 0.2) is 11.4 Å². The third kappa shape index (κ3) is 2.38. The van der Waals surface area contributed by atoms with Crippen molar-refractivity contribution in [3.05, 3.63) is 21.9 Å². The van der Waals surface area contributed by atoms with E-state index in [1.54, 1.807) is 10.4 Å². The molecule has 1 heterocycles. The lowest BCUT2D eigenvalue weighted by atomic mass is 9.71. The molecule has 1 N–H and O–H groups in total. The summed E-state index contributed by atoms with van der Waals surface area (Å²) in [6, 6.07) is 3.11. The van der Waals surface area contributed by atoms with Gasteiger partial charge < -0.3 is 5.32 Å². The summed E-state index contributed by atoms with van der Waals surface area (Å²) in [6.07, 6.45) is 7.09. The molecule has 3 saturated carbocycles. The van der Waals surface area contributed by atoms with Gasteiger partial charge >= 0.3 is 0 Å². The van der Waals surface area contributed by atoms with Crippen LogP contribution in [0.3, 0.4) is 0 Å². The van der Waals surface area contributed by atoms with Crippen molar-refractivity contribution in [1.82, 2.24) is 5.32 Å². The summed E-state index contributed by atoms with van der Waals surface area (Å²) in [4.78, 5) is 1.61. The van der Waals surface area contributed by atoms with Crippen LogP contribution in [-0.2, 0) is 6.54 Å². The molecule has 0 aliphatic heterocycles. The average molecular weight is 326 g/mol. The van der Waals surface area contributed by atoms with Crippen molar-refractivity contribution < 1.29 is 0 Å². The first-order chi connectivity index (χ1) is 9.51. The summed E-state index contributed by atoms with van der Waals surface area (Å²) in [6.45, 7) is 8.65. The predicted molar refractivity (Wildman–Crippen MR) is 93.4 cm³/mol. The highest BCUT2D eigenvalue weighted by atomic mass is 35.5. The monoisotopic (exact) mass is 325 g/mol. The van der Waals surface area contributed by atoms with E-state index in [0.717, 1.165) is 24.4 Å². The van der Waals surface area contributed by atoms with Gasteiger partial charge in [0.1, 0.15) is 0 Å². The third-order valence-corrected chi connectivity index (χ3v) is 7.90. The second-order valence-electron chi connectivity index (χ2n) is 8.19. The molecule has 3 aliphatic rings. The van der Waals surface area contributed by atoms with E-state index in [0.29, 0.717) is 10.8 Å². The molecule has 0 radical (unpaired) electrons. The Balaban J connectivity index is 0.00000132. The van der Waals surface area contributed by atoms with Gasteiger partial charge in [0.05, 0.1) is 0 Å². The Morgan fingerprint density at radius 3 is 2.57 bits per heavy atom. The van der Waals surface area contributed by atoms with Gasteiger partial charge in [-0.25, -0.2) is 0 Å². The van der Waals surface area contributed by atoms with E-state index >= 15 is 0 Å². The summed E-state index contributed by atoms with van der Waals surface area (Å²) < 4.78 is 0. The van der Waals surface area contributed by atoms with Crippen molar-refractivity contribution in [2.24, 2.45) is 16.7 Å². The van der Waals surface area contributed by atoms with E-state index in [-0.39, 0.29) is 12.4 Å². The molecule has 118 valence electrons. The number of thiophene rings is 1. The molecule has 0 amide bonds. The zero-order valence-electron chi connectivity index (χ0n) is 13.4. The van der Waals surface area contributed by atoms with Crippen molar-refractivity contribution in [2.45, 2.75) is 71.4 Å². The van der Waals surface area contributed by atoms with Gasteiger partial charge in [0, 0.05) is 17.5 Å². The molecule has 0 saturated heterocycles. The highest BCUT2D eigenvalue weighted by Gasteiger charge is 2.60. The Morgan fingerprint density at radius 1 is 1.24 bits per heavy atom. The number of halogens is 1. The fourth-order valence-corrected chi connectivity index (χ4v) is 5.91. The molecule has 0 aromatic carbocycles. The Bertz CT molecular complexity index is 516. The topological polar surface area (TPSA) is 12.0 Å². The molecule has 21 heavy (non-hydrogen) atoms. The number of fused-ring (bicyclic) bond motifs is 2. The normalized spacial score (nSPS) is 36.7. The minimum Gasteiger partial charge on any atom is -0.309 e. The summed E-state index contributed by atoms with van der Waals surface area (Å²) in [5, 5.41) is 6.22. The highest BCUT2D eigenvalue weighted by Crippen LogP contribution is 2.65. The molecule has 3 aliphatic carbocycles. The first-order valence-electron chi connectivity index (χ1n) is 8.31. The van der Waals surface area contributed by atoms with Gasteiger partial charge in [-0.05, 0) is 71.8 Å². The van der Waals surface area contributed by atoms with E-state index in [1.165, 1.54) is 32.1 Å². The zero-order valence-corrected chi connectivity index (χ0v) is 15.1. The SMILES string of the molecule is CC1(C)[C@@H]2CC[C@]1(C)C[C@@H]2NCc1sccc1C1CC1.Cl. The molecular formula is C18H28ClNS. The lowest BCUT2D eigenvalue weighted by Crippen LogP contribution is -2.35. The van der Waals surface area contributed by atoms with Crippen LogP contribution in [0, 0.1) is 16.7 Å². The smallest absolute Gasteiger partial charge is 0.0305 e. The van der Waals surface area contributed by atoms with Crippen molar-refractivity contribution >= 4 is 23.7 Å². The highest BCUT2D eigenvalue weighted by molar-refractivity contribution is 7.10. The number of rotatable bonds is 4. The van der Waals surface area contributed by atoms with Crippen molar-refractivity contribution in [1.29, 1.82) is 0 Å². The second kappa shape index (κ2) is 5.25. The molecule has 1 nitrogen and oxygen atoms in total. The minimum absolute atomic E-state index is 0. The summed E-state index contributed by atoms with van der Waals surface area (Å²) in [5.41, 5.74) is 2.75. The van der Waals surface area contributed by atoms with Crippen LogP contribution in [-0.4, -0.2) is 6.04 Å². The zero-order chi connectivity index (χ0) is 14.0. The fraction of sp³-hybridized carbons (Fsp3) is 0.778. The van der Waals surface area contributed by atoms with Gasteiger partial charge in [0.2, 0.25) is 0 Å². The van der Waals surface area contributed by atoms with Crippen LogP contribution >= 0.6 is 23.7 Å².